The van der Waals surface area contributed by atoms with E-state index in [0.29, 0.717) is 29.6 Å². The van der Waals surface area contributed by atoms with E-state index >= 15 is 0 Å². The molecule has 5 rings (SSSR count). The number of carbonyl (C=O) groups is 2. The summed E-state index contributed by atoms with van der Waals surface area (Å²) >= 11 is 0. The van der Waals surface area contributed by atoms with E-state index in [1.807, 2.05) is 24.5 Å². The molecule has 0 radical (unpaired) electrons. The number of hydrogen-bond donors (Lipinski definition) is 2. The first-order chi connectivity index (χ1) is 18.6. The maximum absolute atomic E-state index is 12.8. The van der Waals surface area contributed by atoms with Crippen LogP contribution in [0, 0.1) is 0 Å². The molecule has 4 aromatic rings. The monoisotopic (exact) mass is 507 g/mol. The van der Waals surface area contributed by atoms with Crippen LogP contribution in [-0.4, -0.2) is 35.9 Å². The zero-order chi connectivity index (χ0) is 26.3. The highest BCUT2D eigenvalue weighted by Gasteiger charge is 2.21. The molecule has 6 nitrogen and oxygen atoms in total. The normalized spacial score (nSPS) is 17.2. The molecule has 0 saturated heterocycles. The minimum atomic E-state index is -0.406. The van der Waals surface area contributed by atoms with Crippen LogP contribution in [0.2, 0.25) is 0 Å². The van der Waals surface area contributed by atoms with Crippen molar-refractivity contribution in [2.75, 3.05) is 12.4 Å². The summed E-state index contributed by atoms with van der Waals surface area (Å²) < 4.78 is 4.72. The van der Waals surface area contributed by atoms with Crippen molar-refractivity contribution >= 4 is 28.2 Å². The molecule has 0 atom stereocenters. The van der Waals surface area contributed by atoms with E-state index in [2.05, 4.69) is 52.0 Å². The molecule has 194 valence electrons. The second-order valence-electron chi connectivity index (χ2n) is 9.97. The summed E-state index contributed by atoms with van der Waals surface area (Å²) in [5.41, 5.74) is 4.39. The molecule has 6 heteroatoms. The van der Waals surface area contributed by atoms with Gasteiger partial charge in [0.1, 0.15) is 0 Å². The Labute approximate surface area is 223 Å². The van der Waals surface area contributed by atoms with Crippen molar-refractivity contribution in [3.05, 3.63) is 107 Å². The fourth-order valence-electron chi connectivity index (χ4n) is 5.22. The number of carbonyl (C=O) groups excluding carboxylic acids is 2. The molecule has 38 heavy (non-hydrogen) atoms. The lowest BCUT2D eigenvalue weighted by molar-refractivity contribution is 0.0600. The van der Waals surface area contributed by atoms with Gasteiger partial charge in [0.05, 0.1) is 12.7 Å². The predicted octanol–water partition coefficient (Wildman–Crippen LogP) is 5.96. The molecule has 1 aliphatic carbocycles. The second kappa shape index (κ2) is 12.0. The summed E-state index contributed by atoms with van der Waals surface area (Å²) in [6, 6.07) is 24.2. The third-order valence-corrected chi connectivity index (χ3v) is 7.35. The number of anilines is 1. The van der Waals surface area contributed by atoms with Crippen molar-refractivity contribution in [1.82, 2.24) is 10.3 Å². The topological polar surface area (TPSA) is 80.3 Å². The highest BCUT2D eigenvalue weighted by Crippen LogP contribution is 2.27. The third-order valence-electron chi connectivity index (χ3n) is 7.35. The molecular weight excluding hydrogens is 474 g/mol. The molecule has 2 N–H and O–H groups in total. The molecule has 1 aromatic heterocycles. The summed E-state index contributed by atoms with van der Waals surface area (Å²) in [4.78, 5) is 28.6. The van der Waals surface area contributed by atoms with E-state index < -0.39 is 5.97 Å². The van der Waals surface area contributed by atoms with Crippen molar-refractivity contribution in [2.24, 2.45) is 0 Å². The number of rotatable bonds is 9. The van der Waals surface area contributed by atoms with Crippen molar-refractivity contribution in [2.45, 2.75) is 50.7 Å². The summed E-state index contributed by atoms with van der Waals surface area (Å²) in [6.07, 6.45) is 8.60. The smallest absolute Gasteiger partial charge is 0.337 e. The van der Waals surface area contributed by atoms with Crippen LogP contribution in [0.1, 0.15) is 57.5 Å². The van der Waals surface area contributed by atoms with E-state index in [4.69, 9.17) is 4.74 Å². The van der Waals surface area contributed by atoms with Crippen LogP contribution in [0.15, 0.2) is 85.2 Å². The van der Waals surface area contributed by atoms with Crippen LogP contribution < -0.4 is 10.6 Å². The Hall–Kier alpha value is -4.03. The van der Waals surface area contributed by atoms with Gasteiger partial charge in [0.15, 0.2) is 5.78 Å². The first kappa shape index (κ1) is 25.6. The standard InChI is InChI=1S/C32H33N3O3/c1-38-32(37)25-10-8-24(9-11-25)31(36)19-22-4-2-5-23(18-22)20-34-27-12-14-28(15-13-27)35-30-7-3-6-26-21-33-17-16-29(26)30/h2-11,16-18,21,27-28,34-35H,12-15,19-20H2,1H3. The van der Waals surface area contributed by atoms with E-state index in [9.17, 15) is 9.59 Å². The number of methoxy groups -OCH3 is 1. The Morgan fingerprint density at radius 2 is 1.58 bits per heavy atom. The van der Waals surface area contributed by atoms with Gasteiger partial charge in [-0.15, -0.1) is 0 Å². The molecular formula is C32H33N3O3. The SMILES string of the molecule is COC(=O)c1ccc(C(=O)Cc2cccc(CNC3CCC(Nc4cccc5cnccc45)CC3)c2)cc1. The Kier molecular flexibility index (Phi) is 8.09. The lowest BCUT2D eigenvalue weighted by atomic mass is 9.90. The van der Waals surface area contributed by atoms with Gasteiger partial charge < -0.3 is 15.4 Å². The Bertz CT molecular complexity index is 1400. The molecule has 3 aromatic carbocycles. The van der Waals surface area contributed by atoms with Crippen molar-refractivity contribution in [3.8, 4) is 0 Å². The van der Waals surface area contributed by atoms with E-state index in [1.165, 1.54) is 23.7 Å². The van der Waals surface area contributed by atoms with Gasteiger partial charge in [-0.3, -0.25) is 9.78 Å². The fraction of sp³-hybridized carbons (Fsp3) is 0.281. The molecule has 0 amide bonds. The number of benzene rings is 3. The van der Waals surface area contributed by atoms with Gasteiger partial charge in [-0.1, -0.05) is 48.5 Å². The van der Waals surface area contributed by atoms with Crippen LogP contribution in [0.5, 0.6) is 0 Å². The van der Waals surface area contributed by atoms with Gasteiger partial charge in [0.25, 0.3) is 0 Å². The zero-order valence-corrected chi connectivity index (χ0v) is 21.7. The quantitative estimate of drug-likeness (QED) is 0.215. The van der Waals surface area contributed by atoms with E-state index in [0.717, 1.165) is 43.2 Å². The third kappa shape index (κ3) is 6.26. The molecule has 0 bridgehead atoms. The first-order valence-corrected chi connectivity index (χ1v) is 13.2. The Balaban J connectivity index is 1.10. The highest BCUT2D eigenvalue weighted by atomic mass is 16.5. The van der Waals surface area contributed by atoms with Crippen LogP contribution in [0.25, 0.3) is 10.8 Å². The molecule has 0 aliphatic heterocycles. The lowest BCUT2D eigenvalue weighted by Crippen LogP contribution is -2.36. The zero-order valence-electron chi connectivity index (χ0n) is 21.7. The molecule has 1 saturated carbocycles. The van der Waals surface area contributed by atoms with E-state index in [1.54, 1.807) is 24.3 Å². The van der Waals surface area contributed by atoms with Gasteiger partial charge >= 0.3 is 5.97 Å². The highest BCUT2D eigenvalue weighted by molar-refractivity contribution is 5.98. The van der Waals surface area contributed by atoms with Gasteiger partial charge in [-0.25, -0.2) is 4.79 Å². The Morgan fingerprint density at radius 1 is 0.868 bits per heavy atom. The Morgan fingerprint density at radius 3 is 2.37 bits per heavy atom. The number of nitrogens with one attached hydrogen (secondary N) is 2. The minimum Gasteiger partial charge on any atom is -0.465 e. The number of pyridine rings is 1. The average molecular weight is 508 g/mol. The minimum absolute atomic E-state index is 0.0276. The fourth-order valence-corrected chi connectivity index (χ4v) is 5.22. The second-order valence-corrected chi connectivity index (χ2v) is 9.97. The van der Waals surface area contributed by atoms with Crippen LogP contribution in [0.3, 0.4) is 0 Å². The van der Waals surface area contributed by atoms with E-state index in [-0.39, 0.29) is 5.78 Å². The lowest BCUT2D eigenvalue weighted by Gasteiger charge is -2.30. The number of hydrogen-bond acceptors (Lipinski definition) is 6. The molecule has 0 unspecified atom stereocenters. The van der Waals surface area contributed by atoms with Crippen molar-refractivity contribution in [3.63, 3.8) is 0 Å². The van der Waals surface area contributed by atoms with Crippen molar-refractivity contribution < 1.29 is 14.3 Å². The number of esters is 1. The van der Waals surface area contributed by atoms with Crippen LogP contribution in [-0.2, 0) is 17.7 Å². The number of ether oxygens (including phenoxy) is 1. The summed E-state index contributed by atoms with van der Waals surface area (Å²) in [7, 11) is 1.34. The van der Waals surface area contributed by atoms with Gasteiger partial charge in [0, 0.05) is 59.5 Å². The maximum atomic E-state index is 12.8. The van der Waals surface area contributed by atoms with Gasteiger partial charge in [-0.05, 0) is 61.1 Å². The number of ketones is 1. The maximum Gasteiger partial charge on any atom is 0.337 e. The summed E-state index contributed by atoms with van der Waals surface area (Å²) in [5.74, 6) is -0.378. The van der Waals surface area contributed by atoms with Gasteiger partial charge in [0.2, 0.25) is 0 Å². The number of Topliss-reactive ketones (excluding diaryl/α,β-unsaturated/α-hetero) is 1. The molecule has 0 spiro atoms. The molecule has 1 heterocycles. The largest absolute Gasteiger partial charge is 0.465 e. The van der Waals surface area contributed by atoms with Crippen molar-refractivity contribution in [1.29, 1.82) is 0 Å². The summed E-state index contributed by atoms with van der Waals surface area (Å²) in [6.45, 7) is 0.787. The van der Waals surface area contributed by atoms with Gasteiger partial charge in [-0.2, -0.15) is 0 Å². The predicted molar refractivity (Wildman–Crippen MR) is 151 cm³/mol. The van der Waals surface area contributed by atoms with Crippen LogP contribution >= 0.6 is 0 Å². The average Bonchev–Trinajstić information content (AvgIpc) is 2.97. The van der Waals surface area contributed by atoms with Crippen LogP contribution in [0.4, 0.5) is 5.69 Å². The molecule has 1 aliphatic rings. The number of fused-ring (bicyclic) bond motifs is 1. The number of aromatic nitrogens is 1. The summed E-state index contributed by atoms with van der Waals surface area (Å²) in [5, 5.41) is 9.86. The first-order valence-electron chi connectivity index (χ1n) is 13.2. The molecule has 1 fully saturated rings. The number of nitrogens with zero attached hydrogens (tertiary/aromatic N) is 1.